The van der Waals surface area contributed by atoms with Gasteiger partial charge in [0.2, 0.25) is 0 Å². The van der Waals surface area contributed by atoms with E-state index in [4.69, 9.17) is 0 Å². The molecule has 0 radical (unpaired) electrons. The fraction of sp³-hybridized carbons (Fsp3) is 0.0833. The molecule has 0 saturated heterocycles. The maximum Gasteiger partial charge on any atom is 0.313 e. The highest BCUT2D eigenvalue weighted by Crippen LogP contribution is 2.07. The molecular formula is C12H11N3O2S. The van der Waals surface area contributed by atoms with Gasteiger partial charge in [0.15, 0.2) is 0 Å². The van der Waals surface area contributed by atoms with Crippen LogP contribution in [-0.2, 0) is 16.1 Å². The lowest BCUT2D eigenvalue weighted by Gasteiger charge is -2.05. The average Bonchev–Trinajstić information content (AvgIpc) is 2.90. The van der Waals surface area contributed by atoms with Crippen LogP contribution in [0.1, 0.15) is 4.88 Å². The SMILES string of the molecule is O=C(NCc1cccs1)C(=O)Nc1ccncc1. The Balaban J connectivity index is 1.84. The van der Waals surface area contributed by atoms with Crippen LogP contribution in [0.5, 0.6) is 0 Å². The maximum atomic E-state index is 11.5. The normalized spacial score (nSPS) is 9.78. The standard InChI is InChI=1S/C12H11N3O2S/c16-11(14-8-10-2-1-7-18-10)12(17)15-9-3-5-13-6-4-9/h1-7H,8H2,(H,14,16)(H,13,15,17). The molecule has 2 aromatic rings. The minimum absolute atomic E-state index is 0.361. The summed E-state index contributed by atoms with van der Waals surface area (Å²) in [4.78, 5) is 27.9. The average molecular weight is 261 g/mol. The lowest BCUT2D eigenvalue weighted by atomic mass is 10.4. The van der Waals surface area contributed by atoms with Crippen molar-refractivity contribution in [1.29, 1.82) is 0 Å². The van der Waals surface area contributed by atoms with Gasteiger partial charge in [0.05, 0.1) is 6.54 Å². The lowest BCUT2D eigenvalue weighted by molar-refractivity contribution is -0.136. The fourth-order valence-corrected chi connectivity index (χ4v) is 1.93. The number of hydrogen-bond acceptors (Lipinski definition) is 4. The maximum absolute atomic E-state index is 11.5. The van der Waals surface area contributed by atoms with Crippen molar-refractivity contribution in [2.45, 2.75) is 6.54 Å². The molecule has 92 valence electrons. The molecule has 2 heterocycles. The molecule has 0 unspecified atom stereocenters. The van der Waals surface area contributed by atoms with Gasteiger partial charge in [0.25, 0.3) is 0 Å². The number of rotatable bonds is 3. The van der Waals surface area contributed by atoms with Crippen LogP contribution in [-0.4, -0.2) is 16.8 Å². The minimum Gasteiger partial charge on any atom is -0.343 e. The molecule has 0 bridgehead atoms. The first-order chi connectivity index (χ1) is 8.75. The van der Waals surface area contributed by atoms with Crippen LogP contribution in [0.15, 0.2) is 42.0 Å². The number of nitrogens with zero attached hydrogens (tertiary/aromatic N) is 1. The van der Waals surface area contributed by atoms with Crippen molar-refractivity contribution in [2.75, 3.05) is 5.32 Å². The van der Waals surface area contributed by atoms with E-state index in [2.05, 4.69) is 15.6 Å². The van der Waals surface area contributed by atoms with E-state index in [-0.39, 0.29) is 0 Å². The second-order valence-electron chi connectivity index (χ2n) is 3.45. The summed E-state index contributed by atoms with van der Waals surface area (Å²) in [5.41, 5.74) is 0.543. The Hall–Kier alpha value is -2.21. The molecule has 0 spiro atoms. The number of anilines is 1. The Morgan fingerprint density at radius 3 is 2.61 bits per heavy atom. The first-order valence-electron chi connectivity index (χ1n) is 5.27. The Bertz CT molecular complexity index is 526. The van der Waals surface area contributed by atoms with Crippen molar-refractivity contribution in [3.05, 3.63) is 46.9 Å². The predicted octanol–water partition coefficient (Wildman–Crippen LogP) is 1.40. The van der Waals surface area contributed by atoms with Gasteiger partial charge in [-0.2, -0.15) is 0 Å². The van der Waals surface area contributed by atoms with Gasteiger partial charge in [-0.1, -0.05) is 6.07 Å². The third kappa shape index (κ3) is 3.39. The van der Waals surface area contributed by atoms with Crippen molar-refractivity contribution in [3.63, 3.8) is 0 Å². The zero-order valence-corrected chi connectivity index (χ0v) is 10.2. The number of carbonyl (C=O) groups excluding carboxylic acids is 2. The van der Waals surface area contributed by atoms with Gasteiger partial charge < -0.3 is 10.6 Å². The van der Waals surface area contributed by atoms with Gasteiger partial charge >= 0.3 is 11.8 Å². The summed E-state index contributed by atoms with van der Waals surface area (Å²) < 4.78 is 0. The predicted molar refractivity (Wildman–Crippen MR) is 69.0 cm³/mol. The number of pyridine rings is 1. The second kappa shape index (κ2) is 5.92. The summed E-state index contributed by atoms with van der Waals surface area (Å²) in [5, 5.41) is 6.95. The highest BCUT2D eigenvalue weighted by molar-refractivity contribution is 7.09. The quantitative estimate of drug-likeness (QED) is 0.820. The molecule has 0 aliphatic heterocycles. The van der Waals surface area contributed by atoms with Crippen LogP contribution >= 0.6 is 11.3 Å². The van der Waals surface area contributed by atoms with E-state index in [9.17, 15) is 9.59 Å². The van der Waals surface area contributed by atoms with Crippen molar-refractivity contribution in [1.82, 2.24) is 10.3 Å². The Morgan fingerprint density at radius 2 is 1.94 bits per heavy atom. The van der Waals surface area contributed by atoms with Crippen molar-refractivity contribution < 1.29 is 9.59 Å². The number of amides is 2. The number of carbonyl (C=O) groups is 2. The third-order valence-electron chi connectivity index (χ3n) is 2.15. The lowest BCUT2D eigenvalue weighted by Crippen LogP contribution is -2.34. The van der Waals surface area contributed by atoms with Crippen LogP contribution in [0.25, 0.3) is 0 Å². The summed E-state index contributed by atoms with van der Waals surface area (Å²) in [6.45, 7) is 0.361. The molecule has 0 atom stereocenters. The summed E-state index contributed by atoms with van der Waals surface area (Å²) >= 11 is 1.53. The van der Waals surface area contributed by atoms with Gasteiger partial charge in [-0.3, -0.25) is 14.6 Å². The molecule has 2 N–H and O–H groups in total. The van der Waals surface area contributed by atoms with Crippen LogP contribution < -0.4 is 10.6 Å². The molecule has 2 amide bonds. The Labute approximate surface area is 108 Å². The van der Waals surface area contributed by atoms with E-state index >= 15 is 0 Å². The topological polar surface area (TPSA) is 71.1 Å². The molecule has 0 aliphatic rings. The van der Waals surface area contributed by atoms with E-state index in [0.29, 0.717) is 12.2 Å². The number of hydrogen-bond donors (Lipinski definition) is 2. The van der Waals surface area contributed by atoms with Gasteiger partial charge in [-0.25, -0.2) is 0 Å². The fourth-order valence-electron chi connectivity index (χ4n) is 1.28. The highest BCUT2D eigenvalue weighted by atomic mass is 32.1. The molecule has 0 saturated carbocycles. The molecule has 6 heteroatoms. The van der Waals surface area contributed by atoms with Crippen LogP contribution in [0, 0.1) is 0 Å². The van der Waals surface area contributed by atoms with E-state index in [0.717, 1.165) is 4.88 Å². The first kappa shape index (κ1) is 12.3. The molecule has 2 aromatic heterocycles. The number of aromatic nitrogens is 1. The monoisotopic (exact) mass is 261 g/mol. The molecule has 0 aromatic carbocycles. The van der Waals surface area contributed by atoms with E-state index in [1.54, 1.807) is 24.5 Å². The van der Waals surface area contributed by atoms with E-state index in [1.165, 1.54) is 11.3 Å². The minimum atomic E-state index is -0.683. The number of nitrogens with one attached hydrogen (secondary N) is 2. The molecule has 0 aliphatic carbocycles. The van der Waals surface area contributed by atoms with Crippen molar-refractivity contribution >= 4 is 28.8 Å². The second-order valence-corrected chi connectivity index (χ2v) is 4.48. The zero-order valence-electron chi connectivity index (χ0n) is 9.42. The highest BCUT2D eigenvalue weighted by Gasteiger charge is 2.13. The van der Waals surface area contributed by atoms with Gasteiger partial charge in [0, 0.05) is 23.0 Å². The zero-order chi connectivity index (χ0) is 12.8. The Morgan fingerprint density at radius 1 is 1.17 bits per heavy atom. The molecule has 18 heavy (non-hydrogen) atoms. The summed E-state index contributed by atoms with van der Waals surface area (Å²) in [6, 6.07) is 7.02. The smallest absolute Gasteiger partial charge is 0.313 e. The van der Waals surface area contributed by atoms with Gasteiger partial charge in [-0.15, -0.1) is 11.3 Å². The largest absolute Gasteiger partial charge is 0.343 e. The van der Waals surface area contributed by atoms with Crippen molar-refractivity contribution in [3.8, 4) is 0 Å². The molecule has 2 rings (SSSR count). The van der Waals surface area contributed by atoms with E-state index in [1.807, 2.05) is 17.5 Å². The molecular weight excluding hydrogens is 250 g/mol. The van der Waals surface area contributed by atoms with Crippen LogP contribution in [0.3, 0.4) is 0 Å². The van der Waals surface area contributed by atoms with Gasteiger partial charge in [-0.05, 0) is 23.6 Å². The summed E-state index contributed by atoms with van der Waals surface area (Å²) in [5.74, 6) is -1.34. The van der Waals surface area contributed by atoms with E-state index < -0.39 is 11.8 Å². The summed E-state index contributed by atoms with van der Waals surface area (Å²) in [6.07, 6.45) is 3.08. The van der Waals surface area contributed by atoms with Crippen LogP contribution in [0.2, 0.25) is 0 Å². The van der Waals surface area contributed by atoms with Gasteiger partial charge in [0.1, 0.15) is 0 Å². The van der Waals surface area contributed by atoms with Crippen molar-refractivity contribution in [2.24, 2.45) is 0 Å². The Kier molecular flexibility index (Phi) is 4.03. The summed E-state index contributed by atoms with van der Waals surface area (Å²) in [7, 11) is 0. The van der Waals surface area contributed by atoms with Crippen LogP contribution in [0.4, 0.5) is 5.69 Å². The molecule has 5 nitrogen and oxygen atoms in total. The number of thiophene rings is 1. The first-order valence-corrected chi connectivity index (χ1v) is 6.15. The molecule has 0 fully saturated rings. The third-order valence-corrected chi connectivity index (χ3v) is 3.02.